The number of para-hydroxylation sites is 3. The number of fused-ring (bicyclic) bond motifs is 1. The lowest BCUT2D eigenvalue weighted by Gasteiger charge is -2.25. The lowest BCUT2D eigenvalue weighted by atomic mass is 9.97. The van der Waals surface area contributed by atoms with E-state index in [1.54, 1.807) is 0 Å². The molecule has 1 fully saturated rings. The molecular formula is C20H23N3O. The van der Waals surface area contributed by atoms with Gasteiger partial charge in [-0.05, 0) is 56.1 Å². The first kappa shape index (κ1) is 15.2. The second-order valence-corrected chi connectivity index (χ2v) is 6.56. The highest BCUT2D eigenvalue weighted by Crippen LogP contribution is 2.38. The lowest BCUT2D eigenvalue weighted by molar-refractivity contribution is -0.120. The monoisotopic (exact) mass is 321 g/mol. The third-order valence-electron chi connectivity index (χ3n) is 5.05. The van der Waals surface area contributed by atoms with Gasteiger partial charge < -0.3 is 15.5 Å². The van der Waals surface area contributed by atoms with Gasteiger partial charge in [-0.3, -0.25) is 4.79 Å². The van der Waals surface area contributed by atoms with E-state index in [0.717, 1.165) is 50.3 Å². The highest BCUT2D eigenvalue weighted by atomic mass is 16.1. The maximum Gasteiger partial charge on any atom is 0.227 e. The van der Waals surface area contributed by atoms with Crippen molar-refractivity contribution in [3.05, 3.63) is 54.1 Å². The average Bonchev–Trinajstić information content (AvgIpc) is 3.07. The van der Waals surface area contributed by atoms with Gasteiger partial charge in [0.05, 0.1) is 11.4 Å². The Bertz CT molecular complexity index is 737. The van der Waals surface area contributed by atoms with Crippen LogP contribution >= 0.6 is 0 Å². The van der Waals surface area contributed by atoms with Crippen LogP contribution in [0.4, 0.5) is 17.1 Å². The zero-order valence-corrected chi connectivity index (χ0v) is 13.8. The maximum absolute atomic E-state index is 12.6. The van der Waals surface area contributed by atoms with E-state index in [1.807, 2.05) is 18.2 Å². The van der Waals surface area contributed by atoms with Crippen LogP contribution in [0.15, 0.2) is 48.5 Å². The van der Waals surface area contributed by atoms with Crippen molar-refractivity contribution in [3.8, 4) is 0 Å². The van der Waals surface area contributed by atoms with E-state index >= 15 is 0 Å². The summed E-state index contributed by atoms with van der Waals surface area (Å²) < 4.78 is 0. The van der Waals surface area contributed by atoms with E-state index in [0.29, 0.717) is 0 Å². The molecule has 0 radical (unpaired) electrons. The second-order valence-electron chi connectivity index (χ2n) is 6.56. The molecule has 4 heteroatoms. The van der Waals surface area contributed by atoms with Crippen LogP contribution in [0.3, 0.4) is 0 Å². The van der Waals surface area contributed by atoms with Crippen molar-refractivity contribution in [2.75, 3.05) is 29.9 Å². The molecule has 2 aromatic carbocycles. The predicted molar refractivity (Wildman–Crippen MR) is 97.8 cm³/mol. The van der Waals surface area contributed by atoms with Crippen molar-refractivity contribution in [2.45, 2.75) is 19.3 Å². The number of carbonyl (C=O) groups is 1. The van der Waals surface area contributed by atoms with Crippen LogP contribution in [0.25, 0.3) is 0 Å². The standard InChI is InChI=1S/C20H23N3O/c24-20(16-9-12-21-13-10-16)22-17-6-2-4-8-19(17)23-14-11-15-5-1-3-7-18(15)23/h1-8,16,21H,9-14H2,(H,22,24). The zero-order valence-electron chi connectivity index (χ0n) is 13.8. The SMILES string of the molecule is O=C(Nc1ccccc1N1CCc2ccccc21)C1CCNCC1. The van der Waals surface area contributed by atoms with Gasteiger partial charge in [-0.25, -0.2) is 0 Å². The summed E-state index contributed by atoms with van der Waals surface area (Å²) in [5.41, 5.74) is 4.63. The third kappa shape index (κ3) is 2.89. The summed E-state index contributed by atoms with van der Waals surface area (Å²) in [5, 5.41) is 6.49. The predicted octanol–water partition coefficient (Wildman–Crippen LogP) is 3.32. The number of hydrogen-bond acceptors (Lipinski definition) is 3. The van der Waals surface area contributed by atoms with Gasteiger partial charge in [0, 0.05) is 18.2 Å². The van der Waals surface area contributed by atoms with Crippen molar-refractivity contribution in [2.24, 2.45) is 5.92 Å². The first-order valence-electron chi connectivity index (χ1n) is 8.79. The van der Waals surface area contributed by atoms with Gasteiger partial charge >= 0.3 is 0 Å². The molecule has 2 aliphatic heterocycles. The normalized spacial score (nSPS) is 17.6. The molecule has 1 amide bonds. The quantitative estimate of drug-likeness (QED) is 0.911. The van der Waals surface area contributed by atoms with Crippen LogP contribution in [0.2, 0.25) is 0 Å². The summed E-state index contributed by atoms with van der Waals surface area (Å²) in [6.07, 6.45) is 2.88. The number of carbonyl (C=O) groups excluding carboxylic acids is 1. The molecule has 2 N–H and O–H groups in total. The molecule has 0 atom stereocenters. The molecule has 0 saturated carbocycles. The molecule has 4 rings (SSSR count). The number of hydrogen-bond donors (Lipinski definition) is 2. The van der Waals surface area contributed by atoms with E-state index in [-0.39, 0.29) is 11.8 Å². The number of nitrogens with one attached hydrogen (secondary N) is 2. The van der Waals surface area contributed by atoms with Gasteiger partial charge in [-0.15, -0.1) is 0 Å². The Hall–Kier alpha value is -2.33. The average molecular weight is 321 g/mol. The fourth-order valence-electron chi connectivity index (χ4n) is 3.72. The van der Waals surface area contributed by atoms with Crippen molar-refractivity contribution < 1.29 is 4.79 Å². The number of amides is 1. The molecule has 0 spiro atoms. The molecule has 2 aliphatic rings. The Morgan fingerprint density at radius 3 is 2.54 bits per heavy atom. The molecule has 124 valence electrons. The van der Waals surface area contributed by atoms with Crippen LogP contribution in [-0.2, 0) is 11.2 Å². The summed E-state index contributed by atoms with van der Waals surface area (Å²) >= 11 is 0. The van der Waals surface area contributed by atoms with Crippen LogP contribution in [0.5, 0.6) is 0 Å². The van der Waals surface area contributed by atoms with Crippen molar-refractivity contribution in [1.29, 1.82) is 0 Å². The molecule has 0 aliphatic carbocycles. The van der Waals surface area contributed by atoms with Gasteiger partial charge in [-0.1, -0.05) is 30.3 Å². The molecule has 24 heavy (non-hydrogen) atoms. The van der Waals surface area contributed by atoms with E-state index < -0.39 is 0 Å². The molecular weight excluding hydrogens is 298 g/mol. The molecule has 2 heterocycles. The summed E-state index contributed by atoms with van der Waals surface area (Å²) in [6.45, 7) is 2.82. The third-order valence-corrected chi connectivity index (χ3v) is 5.05. The first-order chi connectivity index (χ1) is 11.8. The minimum absolute atomic E-state index is 0.116. The van der Waals surface area contributed by atoms with Gasteiger partial charge in [0.1, 0.15) is 0 Å². The fraction of sp³-hybridized carbons (Fsp3) is 0.350. The Balaban J connectivity index is 1.58. The Morgan fingerprint density at radius 2 is 1.71 bits per heavy atom. The highest BCUT2D eigenvalue weighted by Gasteiger charge is 2.25. The minimum Gasteiger partial charge on any atom is -0.339 e. The van der Waals surface area contributed by atoms with Crippen LogP contribution in [0, 0.1) is 5.92 Å². The van der Waals surface area contributed by atoms with Crippen molar-refractivity contribution in [3.63, 3.8) is 0 Å². The maximum atomic E-state index is 12.6. The molecule has 0 bridgehead atoms. The van der Waals surface area contributed by atoms with E-state index in [2.05, 4.69) is 45.9 Å². The molecule has 2 aromatic rings. The van der Waals surface area contributed by atoms with E-state index in [1.165, 1.54) is 11.3 Å². The van der Waals surface area contributed by atoms with Crippen LogP contribution < -0.4 is 15.5 Å². The minimum atomic E-state index is 0.116. The summed E-state index contributed by atoms with van der Waals surface area (Å²) in [4.78, 5) is 14.9. The van der Waals surface area contributed by atoms with Gasteiger partial charge in [0.2, 0.25) is 5.91 Å². The summed E-state index contributed by atoms with van der Waals surface area (Å²) in [6, 6.07) is 16.6. The zero-order chi connectivity index (χ0) is 16.4. The number of nitrogens with zero attached hydrogens (tertiary/aromatic N) is 1. The Morgan fingerprint density at radius 1 is 1.00 bits per heavy atom. The first-order valence-corrected chi connectivity index (χ1v) is 8.79. The number of benzene rings is 2. The Labute approximate surface area is 142 Å². The second kappa shape index (κ2) is 6.65. The van der Waals surface area contributed by atoms with Gasteiger partial charge in [0.15, 0.2) is 0 Å². The molecule has 1 saturated heterocycles. The molecule has 4 nitrogen and oxygen atoms in total. The highest BCUT2D eigenvalue weighted by molar-refractivity contribution is 5.97. The number of anilines is 3. The number of piperidine rings is 1. The Kier molecular flexibility index (Phi) is 4.22. The van der Waals surface area contributed by atoms with Crippen LogP contribution in [0.1, 0.15) is 18.4 Å². The van der Waals surface area contributed by atoms with Gasteiger partial charge in [-0.2, -0.15) is 0 Å². The topological polar surface area (TPSA) is 44.4 Å². The van der Waals surface area contributed by atoms with Crippen molar-refractivity contribution >= 4 is 23.0 Å². The number of rotatable bonds is 3. The molecule has 0 aromatic heterocycles. The van der Waals surface area contributed by atoms with E-state index in [9.17, 15) is 4.79 Å². The largest absolute Gasteiger partial charge is 0.339 e. The summed E-state index contributed by atoms with van der Waals surface area (Å²) in [5.74, 6) is 0.265. The smallest absolute Gasteiger partial charge is 0.227 e. The van der Waals surface area contributed by atoms with E-state index in [4.69, 9.17) is 0 Å². The van der Waals surface area contributed by atoms with Crippen molar-refractivity contribution in [1.82, 2.24) is 5.32 Å². The summed E-state index contributed by atoms with van der Waals surface area (Å²) in [7, 11) is 0. The van der Waals surface area contributed by atoms with Gasteiger partial charge in [0.25, 0.3) is 0 Å². The fourth-order valence-corrected chi connectivity index (χ4v) is 3.72. The lowest BCUT2D eigenvalue weighted by Crippen LogP contribution is -2.34. The van der Waals surface area contributed by atoms with Crippen LogP contribution in [-0.4, -0.2) is 25.5 Å². The molecule has 0 unspecified atom stereocenters.